The maximum absolute atomic E-state index is 11.1. The van der Waals surface area contributed by atoms with Gasteiger partial charge in [0.05, 0.1) is 19.6 Å². The van der Waals surface area contributed by atoms with E-state index in [1.54, 1.807) is 0 Å². The van der Waals surface area contributed by atoms with Gasteiger partial charge in [0.15, 0.2) is 0 Å². The van der Waals surface area contributed by atoms with Gasteiger partial charge in [0.1, 0.15) is 0 Å². The zero-order valence-corrected chi connectivity index (χ0v) is 9.44. The number of hydrogen-bond donors (Lipinski definition) is 1. The highest BCUT2D eigenvalue weighted by Gasteiger charge is 2.27. The molecule has 4 nitrogen and oxygen atoms in total. The van der Waals surface area contributed by atoms with Crippen LogP contribution in [0.15, 0.2) is 0 Å². The molecule has 0 aromatic rings. The molecule has 0 spiro atoms. The lowest BCUT2D eigenvalue weighted by Crippen LogP contribution is -2.33. The predicted molar refractivity (Wildman–Crippen MR) is 55.3 cm³/mol. The number of carbonyl (C=O) groups is 1. The Labute approximate surface area is 90.6 Å². The van der Waals surface area contributed by atoms with E-state index < -0.39 is 6.10 Å². The van der Waals surface area contributed by atoms with Crippen LogP contribution in [0.2, 0.25) is 0 Å². The van der Waals surface area contributed by atoms with Crippen LogP contribution >= 0.6 is 0 Å². The molecule has 0 saturated carbocycles. The van der Waals surface area contributed by atoms with Crippen molar-refractivity contribution in [1.29, 1.82) is 0 Å². The second-order valence-electron chi connectivity index (χ2n) is 4.20. The van der Waals surface area contributed by atoms with Gasteiger partial charge in [-0.25, -0.2) is 0 Å². The third kappa shape index (κ3) is 3.80. The standard InChI is InChI=1S/C11H20O4/c1-8(7-10(12)14-2)11(13)9-3-5-15-6-4-9/h8-9,11,13H,3-7H2,1-2H3. The molecule has 15 heavy (non-hydrogen) atoms. The lowest BCUT2D eigenvalue weighted by molar-refractivity contribution is -0.143. The second kappa shape index (κ2) is 6.08. The summed E-state index contributed by atoms with van der Waals surface area (Å²) in [7, 11) is 1.37. The number of rotatable bonds is 4. The van der Waals surface area contributed by atoms with Gasteiger partial charge in [-0.1, -0.05) is 6.92 Å². The number of aliphatic hydroxyl groups excluding tert-OH is 1. The quantitative estimate of drug-likeness (QED) is 0.711. The summed E-state index contributed by atoms with van der Waals surface area (Å²) < 4.78 is 9.81. The Morgan fingerprint density at radius 3 is 2.67 bits per heavy atom. The van der Waals surface area contributed by atoms with E-state index in [0.717, 1.165) is 12.8 Å². The van der Waals surface area contributed by atoms with Crippen molar-refractivity contribution in [3.05, 3.63) is 0 Å². The first-order valence-corrected chi connectivity index (χ1v) is 5.47. The van der Waals surface area contributed by atoms with Gasteiger partial charge in [0, 0.05) is 13.2 Å². The van der Waals surface area contributed by atoms with Gasteiger partial charge in [-0.2, -0.15) is 0 Å². The monoisotopic (exact) mass is 216 g/mol. The van der Waals surface area contributed by atoms with Gasteiger partial charge in [0.2, 0.25) is 0 Å². The van der Waals surface area contributed by atoms with Crippen molar-refractivity contribution in [1.82, 2.24) is 0 Å². The molecule has 1 saturated heterocycles. The highest BCUT2D eigenvalue weighted by atomic mass is 16.5. The van der Waals surface area contributed by atoms with Crippen molar-refractivity contribution in [2.24, 2.45) is 11.8 Å². The maximum Gasteiger partial charge on any atom is 0.305 e. The first-order valence-electron chi connectivity index (χ1n) is 5.47. The highest BCUT2D eigenvalue weighted by Crippen LogP contribution is 2.25. The van der Waals surface area contributed by atoms with E-state index >= 15 is 0 Å². The number of hydrogen-bond acceptors (Lipinski definition) is 4. The summed E-state index contributed by atoms with van der Waals surface area (Å²) >= 11 is 0. The fourth-order valence-corrected chi connectivity index (χ4v) is 1.99. The molecule has 0 aromatic heterocycles. The van der Waals surface area contributed by atoms with Crippen LogP contribution in [0.1, 0.15) is 26.2 Å². The lowest BCUT2D eigenvalue weighted by Gasteiger charge is -2.30. The van der Waals surface area contributed by atoms with Gasteiger partial charge in [0.25, 0.3) is 0 Å². The molecule has 1 N–H and O–H groups in total. The number of methoxy groups -OCH3 is 1. The van der Waals surface area contributed by atoms with Crippen molar-refractivity contribution in [2.45, 2.75) is 32.3 Å². The summed E-state index contributed by atoms with van der Waals surface area (Å²) in [6, 6.07) is 0. The Balaban J connectivity index is 2.36. The van der Waals surface area contributed by atoms with E-state index in [-0.39, 0.29) is 24.2 Å². The third-order valence-corrected chi connectivity index (χ3v) is 3.05. The van der Waals surface area contributed by atoms with Gasteiger partial charge < -0.3 is 14.6 Å². The Hall–Kier alpha value is -0.610. The van der Waals surface area contributed by atoms with Gasteiger partial charge >= 0.3 is 5.97 Å². The summed E-state index contributed by atoms with van der Waals surface area (Å²) in [5, 5.41) is 10.0. The van der Waals surface area contributed by atoms with Crippen molar-refractivity contribution >= 4 is 5.97 Å². The van der Waals surface area contributed by atoms with Gasteiger partial charge in [-0.3, -0.25) is 4.79 Å². The van der Waals surface area contributed by atoms with E-state index in [2.05, 4.69) is 4.74 Å². The van der Waals surface area contributed by atoms with E-state index in [9.17, 15) is 9.90 Å². The molecule has 0 amide bonds. The molecule has 0 aromatic carbocycles. The zero-order valence-electron chi connectivity index (χ0n) is 9.44. The number of ether oxygens (including phenoxy) is 2. The lowest BCUT2D eigenvalue weighted by atomic mass is 9.85. The summed E-state index contributed by atoms with van der Waals surface area (Å²) in [5.41, 5.74) is 0. The first-order chi connectivity index (χ1) is 7.15. The summed E-state index contributed by atoms with van der Waals surface area (Å²) in [5.74, 6) is -0.0347. The van der Waals surface area contributed by atoms with E-state index in [1.807, 2.05) is 6.92 Å². The zero-order chi connectivity index (χ0) is 11.3. The molecule has 0 aliphatic carbocycles. The van der Waals surface area contributed by atoms with E-state index in [4.69, 9.17) is 4.74 Å². The molecular weight excluding hydrogens is 196 g/mol. The van der Waals surface area contributed by atoms with Crippen LogP contribution in [0, 0.1) is 11.8 Å². The summed E-state index contributed by atoms with van der Waals surface area (Å²) in [6.07, 6.45) is 1.63. The van der Waals surface area contributed by atoms with Crippen molar-refractivity contribution in [3.63, 3.8) is 0 Å². The van der Waals surface area contributed by atoms with Gasteiger partial charge in [-0.15, -0.1) is 0 Å². The minimum Gasteiger partial charge on any atom is -0.469 e. The third-order valence-electron chi connectivity index (χ3n) is 3.05. The van der Waals surface area contributed by atoms with E-state index in [1.165, 1.54) is 7.11 Å². The molecule has 0 radical (unpaired) electrons. The van der Waals surface area contributed by atoms with Gasteiger partial charge in [-0.05, 0) is 24.7 Å². The molecule has 2 atom stereocenters. The van der Waals surface area contributed by atoms with Crippen LogP contribution in [-0.4, -0.2) is 37.5 Å². The van der Waals surface area contributed by atoms with Crippen LogP contribution in [0.4, 0.5) is 0 Å². The largest absolute Gasteiger partial charge is 0.469 e. The Kier molecular flexibility index (Phi) is 5.05. The molecular formula is C11H20O4. The topological polar surface area (TPSA) is 55.8 Å². The molecule has 1 rings (SSSR count). The average molecular weight is 216 g/mol. The number of aliphatic hydroxyl groups is 1. The Morgan fingerprint density at radius 1 is 1.53 bits per heavy atom. The van der Waals surface area contributed by atoms with Crippen LogP contribution in [-0.2, 0) is 14.3 Å². The van der Waals surface area contributed by atoms with E-state index in [0.29, 0.717) is 13.2 Å². The fraction of sp³-hybridized carbons (Fsp3) is 0.909. The smallest absolute Gasteiger partial charge is 0.305 e. The predicted octanol–water partition coefficient (Wildman–Crippen LogP) is 0.973. The molecule has 1 fully saturated rings. The molecule has 1 heterocycles. The fourth-order valence-electron chi connectivity index (χ4n) is 1.99. The second-order valence-corrected chi connectivity index (χ2v) is 4.20. The Morgan fingerprint density at radius 2 is 2.13 bits per heavy atom. The normalized spacial score (nSPS) is 22.1. The van der Waals surface area contributed by atoms with Crippen molar-refractivity contribution < 1.29 is 19.4 Å². The SMILES string of the molecule is COC(=O)CC(C)C(O)C1CCOCC1. The summed E-state index contributed by atoms with van der Waals surface area (Å²) in [4.78, 5) is 11.1. The maximum atomic E-state index is 11.1. The minimum atomic E-state index is -0.423. The molecule has 2 unspecified atom stereocenters. The molecule has 0 bridgehead atoms. The molecule has 1 aliphatic rings. The summed E-state index contributed by atoms with van der Waals surface area (Å²) in [6.45, 7) is 3.32. The number of carbonyl (C=O) groups excluding carboxylic acids is 1. The number of esters is 1. The van der Waals surface area contributed by atoms with Crippen LogP contribution < -0.4 is 0 Å². The minimum absolute atomic E-state index is 0.0412. The Bertz CT molecular complexity index is 199. The molecule has 1 aliphatic heterocycles. The van der Waals surface area contributed by atoms with Crippen LogP contribution in [0.5, 0.6) is 0 Å². The van der Waals surface area contributed by atoms with Crippen molar-refractivity contribution in [3.8, 4) is 0 Å². The molecule has 4 heteroatoms. The van der Waals surface area contributed by atoms with Crippen molar-refractivity contribution in [2.75, 3.05) is 20.3 Å². The molecule has 88 valence electrons. The van der Waals surface area contributed by atoms with Crippen LogP contribution in [0.25, 0.3) is 0 Å². The highest BCUT2D eigenvalue weighted by molar-refractivity contribution is 5.69. The van der Waals surface area contributed by atoms with Crippen LogP contribution in [0.3, 0.4) is 0 Å². The average Bonchev–Trinajstić information content (AvgIpc) is 2.29. The first kappa shape index (κ1) is 12.5.